The highest BCUT2D eigenvalue weighted by molar-refractivity contribution is 6.30. The molecule has 0 unspecified atom stereocenters. The van der Waals surface area contributed by atoms with Gasteiger partial charge in [-0.15, -0.1) is 0 Å². The van der Waals surface area contributed by atoms with Gasteiger partial charge in [-0.25, -0.2) is 9.59 Å². The summed E-state index contributed by atoms with van der Waals surface area (Å²) in [5.41, 5.74) is 1.47. The summed E-state index contributed by atoms with van der Waals surface area (Å²) >= 11 is 6.06. The average molecular weight is 579 g/mol. The first-order valence-electron chi connectivity index (χ1n) is 14.1. The molecule has 0 aromatic heterocycles. The number of Topliss-reactive ketones (excluding diaryl/α,β-unsaturated/α-hetero) is 2. The molecule has 2 fully saturated rings. The maximum absolute atomic E-state index is 13.8. The molecule has 9 heteroatoms. The molecule has 1 saturated carbocycles. The second-order valence-corrected chi connectivity index (χ2v) is 12.3. The molecule has 0 N–H and O–H groups in total. The maximum atomic E-state index is 13.8. The Balaban J connectivity index is 1.33. The normalized spacial score (nSPS) is 21.5. The van der Waals surface area contributed by atoms with E-state index >= 15 is 0 Å². The summed E-state index contributed by atoms with van der Waals surface area (Å²) in [6.07, 6.45) is 1.93. The molecule has 41 heavy (non-hydrogen) atoms. The quantitative estimate of drug-likeness (QED) is 0.405. The van der Waals surface area contributed by atoms with Gasteiger partial charge in [-0.2, -0.15) is 0 Å². The Bertz CT molecular complexity index is 1380. The van der Waals surface area contributed by atoms with Crippen molar-refractivity contribution in [2.24, 2.45) is 5.92 Å². The van der Waals surface area contributed by atoms with E-state index in [-0.39, 0.29) is 49.2 Å². The van der Waals surface area contributed by atoms with Crippen LogP contribution in [-0.2, 0) is 9.47 Å². The molecule has 2 aromatic rings. The molecule has 1 saturated heterocycles. The number of carbonyl (C=O) groups is 4. The summed E-state index contributed by atoms with van der Waals surface area (Å²) in [6.45, 7) is 6.41. The fourth-order valence-electron chi connectivity index (χ4n) is 5.84. The lowest BCUT2D eigenvalue weighted by Crippen LogP contribution is -2.52. The van der Waals surface area contributed by atoms with E-state index in [1.54, 1.807) is 49.9 Å². The van der Waals surface area contributed by atoms with Crippen LogP contribution in [0.5, 0.6) is 0 Å². The molecule has 0 atom stereocenters. The summed E-state index contributed by atoms with van der Waals surface area (Å²) in [5.74, 6) is -0.736. The van der Waals surface area contributed by atoms with E-state index in [1.807, 2.05) is 24.3 Å². The fourth-order valence-corrected chi connectivity index (χ4v) is 5.97. The van der Waals surface area contributed by atoms with Crippen molar-refractivity contribution in [1.29, 1.82) is 0 Å². The maximum Gasteiger partial charge on any atom is 0.415 e. The summed E-state index contributed by atoms with van der Waals surface area (Å²) in [5, 5.41) is 0.690. The standard InChI is InChI=1S/C32H35ClN2O6/c1-32(2,3)41-31(39)35-18-16-34(17-19-35)30(38)40-29-26(27(36)24-6-4-5-7-25(24)28(29)37)22-10-8-20(9-11-22)21-12-14-23(33)15-13-21/h4-7,12-15,20,22H,8-11,16-19H2,1-3H3/t20-,22-. The SMILES string of the molecule is CC(C)(C)OC(=O)N1CCN(C(=O)OC2=C([C@H]3CC[C@H](c4ccc(Cl)cc4)CC3)C(=O)c3ccccc3C2=O)CC1. The van der Waals surface area contributed by atoms with Gasteiger partial charge < -0.3 is 19.3 Å². The highest BCUT2D eigenvalue weighted by Crippen LogP contribution is 2.42. The fraction of sp³-hybridized carbons (Fsp3) is 0.438. The van der Waals surface area contributed by atoms with E-state index in [1.165, 1.54) is 10.5 Å². The molecule has 0 radical (unpaired) electrons. The molecule has 5 rings (SSSR count). The van der Waals surface area contributed by atoms with Crippen molar-refractivity contribution in [2.75, 3.05) is 26.2 Å². The topological polar surface area (TPSA) is 93.2 Å². The van der Waals surface area contributed by atoms with Gasteiger partial charge >= 0.3 is 12.2 Å². The summed E-state index contributed by atoms with van der Waals surface area (Å²) in [4.78, 5) is 56.1. The summed E-state index contributed by atoms with van der Waals surface area (Å²) < 4.78 is 11.2. The highest BCUT2D eigenvalue weighted by Gasteiger charge is 2.40. The minimum Gasteiger partial charge on any atom is -0.444 e. The average Bonchev–Trinajstić information content (AvgIpc) is 2.96. The van der Waals surface area contributed by atoms with Crippen LogP contribution in [0.25, 0.3) is 0 Å². The van der Waals surface area contributed by atoms with Gasteiger partial charge in [-0.1, -0.05) is 48.0 Å². The Hall–Kier alpha value is -3.65. The Morgan fingerprint density at radius 2 is 1.27 bits per heavy atom. The minimum atomic E-state index is -0.697. The number of carbonyl (C=O) groups excluding carboxylic acids is 4. The zero-order chi connectivity index (χ0) is 29.3. The van der Waals surface area contributed by atoms with E-state index in [4.69, 9.17) is 21.1 Å². The summed E-state index contributed by atoms with van der Waals surface area (Å²) in [6, 6.07) is 14.5. The molecule has 2 aromatic carbocycles. The first-order valence-corrected chi connectivity index (χ1v) is 14.5. The molecule has 0 bridgehead atoms. The Morgan fingerprint density at radius 3 is 1.83 bits per heavy atom. The lowest BCUT2D eigenvalue weighted by atomic mass is 9.72. The Morgan fingerprint density at radius 1 is 0.756 bits per heavy atom. The van der Waals surface area contributed by atoms with Crippen molar-refractivity contribution in [3.8, 4) is 0 Å². The van der Waals surface area contributed by atoms with Crippen LogP contribution in [0.3, 0.4) is 0 Å². The van der Waals surface area contributed by atoms with E-state index < -0.39 is 23.6 Å². The molecule has 2 amide bonds. The first kappa shape index (κ1) is 28.9. The van der Waals surface area contributed by atoms with Crippen LogP contribution in [0.4, 0.5) is 9.59 Å². The monoisotopic (exact) mass is 578 g/mol. The number of nitrogens with zero attached hydrogens (tertiary/aromatic N) is 2. The van der Waals surface area contributed by atoms with Crippen LogP contribution < -0.4 is 0 Å². The van der Waals surface area contributed by atoms with Gasteiger partial charge in [0.1, 0.15) is 5.60 Å². The number of rotatable bonds is 3. The molecule has 0 spiro atoms. The van der Waals surface area contributed by atoms with Gasteiger partial charge in [0.05, 0.1) is 5.57 Å². The Labute approximate surface area is 245 Å². The largest absolute Gasteiger partial charge is 0.444 e. The molecule has 216 valence electrons. The third-order valence-corrected chi connectivity index (χ3v) is 8.22. The highest BCUT2D eigenvalue weighted by atomic mass is 35.5. The van der Waals surface area contributed by atoms with Gasteiger partial charge in [-0.3, -0.25) is 9.59 Å². The number of fused-ring (bicyclic) bond motifs is 1. The summed E-state index contributed by atoms with van der Waals surface area (Å²) in [7, 11) is 0. The number of ketones is 2. The Kier molecular flexibility index (Phi) is 8.23. The number of hydrogen-bond acceptors (Lipinski definition) is 6. The molecule has 1 heterocycles. The van der Waals surface area contributed by atoms with Crippen molar-refractivity contribution in [1.82, 2.24) is 9.80 Å². The van der Waals surface area contributed by atoms with Crippen LogP contribution in [-0.4, -0.2) is 65.3 Å². The van der Waals surface area contributed by atoms with Crippen LogP contribution in [0.2, 0.25) is 5.02 Å². The van der Waals surface area contributed by atoms with Crippen LogP contribution >= 0.6 is 11.6 Å². The number of allylic oxidation sites excluding steroid dienone is 2. The molecular weight excluding hydrogens is 544 g/mol. The van der Waals surface area contributed by atoms with Gasteiger partial charge in [0.25, 0.3) is 0 Å². The van der Waals surface area contributed by atoms with E-state index in [0.717, 1.165) is 12.8 Å². The lowest BCUT2D eigenvalue weighted by molar-refractivity contribution is 0.0143. The van der Waals surface area contributed by atoms with Crippen LogP contribution in [0.1, 0.15) is 78.7 Å². The third-order valence-electron chi connectivity index (χ3n) is 7.97. The third kappa shape index (κ3) is 6.32. The van der Waals surface area contributed by atoms with Crippen molar-refractivity contribution in [2.45, 2.75) is 58.0 Å². The molecule has 3 aliphatic rings. The van der Waals surface area contributed by atoms with Gasteiger partial charge in [0.2, 0.25) is 5.78 Å². The predicted molar refractivity (Wildman–Crippen MR) is 154 cm³/mol. The van der Waals surface area contributed by atoms with Crippen LogP contribution in [0, 0.1) is 5.92 Å². The van der Waals surface area contributed by atoms with Crippen molar-refractivity contribution >= 4 is 35.4 Å². The number of amides is 2. The van der Waals surface area contributed by atoms with Crippen molar-refractivity contribution in [3.05, 3.63) is 81.6 Å². The zero-order valence-electron chi connectivity index (χ0n) is 23.7. The smallest absolute Gasteiger partial charge is 0.415 e. The lowest BCUT2D eigenvalue weighted by Gasteiger charge is -2.36. The molecule has 1 aliphatic heterocycles. The number of halogens is 1. The van der Waals surface area contributed by atoms with E-state index in [0.29, 0.717) is 34.9 Å². The second kappa shape index (κ2) is 11.7. The zero-order valence-corrected chi connectivity index (χ0v) is 24.4. The molecule has 8 nitrogen and oxygen atoms in total. The first-order chi connectivity index (χ1) is 19.5. The number of piperazine rings is 1. The number of hydrogen-bond donors (Lipinski definition) is 0. The van der Waals surface area contributed by atoms with Gasteiger partial charge in [0.15, 0.2) is 11.5 Å². The van der Waals surface area contributed by atoms with E-state index in [2.05, 4.69) is 0 Å². The number of ether oxygens (including phenoxy) is 2. The van der Waals surface area contributed by atoms with Crippen molar-refractivity contribution in [3.63, 3.8) is 0 Å². The predicted octanol–water partition coefficient (Wildman–Crippen LogP) is 6.64. The second-order valence-electron chi connectivity index (χ2n) is 11.9. The number of benzene rings is 2. The van der Waals surface area contributed by atoms with Gasteiger partial charge in [0, 0.05) is 42.3 Å². The van der Waals surface area contributed by atoms with Gasteiger partial charge in [-0.05, 0) is 76.0 Å². The molecular formula is C32H35ClN2O6. The molecule has 2 aliphatic carbocycles. The van der Waals surface area contributed by atoms with Crippen molar-refractivity contribution < 1.29 is 28.7 Å². The van der Waals surface area contributed by atoms with E-state index in [9.17, 15) is 19.2 Å². The minimum absolute atomic E-state index is 0.164. The van der Waals surface area contributed by atoms with Crippen LogP contribution in [0.15, 0.2) is 59.9 Å².